The van der Waals surface area contributed by atoms with Gasteiger partial charge in [0.15, 0.2) is 0 Å². The molecule has 3 rings (SSSR count). The lowest BCUT2D eigenvalue weighted by Crippen LogP contribution is -2.28. The molecule has 0 unspecified atom stereocenters. The monoisotopic (exact) mass is 187 g/mol. The Morgan fingerprint density at radius 3 is 2.64 bits per heavy atom. The van der Waals surface area contributed by atoms with Crippen molar-refractivity contribution < 1.29 is 0 Å². The van der Waals surface area contributed by atoms with Crippen LogP contribution in [0.25, 0.3) is 0 Å². The summed E-state index contributed by atoms with van der Waals surface area (Å²) in [6.07, 6.45) is 5.63. The maximum atomic E-state index is 2.43. The maximum Gasteiger partial charge on any atom is 0.0402 e. The lowest BCUT2D eigenvalue weighted by atomic mass is 9.81. The highest BCUT2D eigenvalue weighted by atomic mass is 15.1. The van der Waals surface area contributed by atoms with Crippen LogP contribution in [-0.2, 0) is 5.41 Å². The van der Waals surface area contributed by atoms with Gasteiger partial charge >= 0.3 is 0 Å². The summed E-state index contributed by atoms with van der Waals surface area (Å²) in [5.41, 5.74) is 3.60. The van der Waals surface area contributed by atoms with Crippen molar-refractivity contribution in [2.24, 2.45) is 0 Å². The van der Waals surface area contributed by atoms with Crippen molar-refractivity contribution in [3.05, 3.63) is 29.8 Å². The molecule has 0 amide bonds. The lowest BCUT2D eigenvalue weighted by Gasteiger charge is -2.23. The number of benzene rings is 1. The van der Waals surface area contributed by atoms with E-state index in [-0.39, 0.29) is 0 Å². The average Bonchev–Trinajstić information content (AvgIpc) is 2.77. The summed E-state index contributed by atoms with van der Waals surface area (Å²) in [6, 6.07) is 8.95. The van der Waals surface area contributed by atoms with Gasteiger partial charge in [-0.25, -0.2) is 0 Å². The summed E-state index contributed by atoms with van der Waals surface area (Å²) in [5.74, 6) is 0. The Labute approximate surface area is 85.7 Å². The smallest absolute Gasteiger partial charge is 0.0402 e. The Bertz CT molecular complexity index is 350. The van der Waals surface area contributed by atoms with E-state index in [4.69, 9.17) is 0 Å². The Kier molecular flexibility index (Phi) is 1.64. The van der Waals surface area contributed by atoms with Gasteiger partial charge in [0.05, 0.1) is 0 Å². The molecule has 1 saturated carbocycles. The second-order valence-corrected chi connectivity index (χ2v) is 4.86. The summed E-state index contributed by atoms with van der Waals surface area (Å²) < 4.78 is 0. The molecule has 1 aromatic rings. The van der Waals surface area contributed by atoms with Crippen LogP contribution in [0.1, 0.15) is 31.2 Å². The Morgan fingerprint density at radius 1 is 1.14 bits per heavy atom. The van der Waals surface area contributed by atoms with Crippen molar-refractivity contribution in [3.63, 3.8) is 0 Å². The summed E-state index contributed by atoms with van der Waals surface area (Å²) in [7, 11) is 2.23. The van der Waals surface area contributed by atoms with Crippen molar-refractivity contribution >= 4 is 5.69 Å². The third kappa shape index (κ3) is 0.956. The fraction of sp³-hybridized carbons (Fsp3) is 0.538. The summed E-state index contributed by atoms with van der Waals surface area (Å²) in [5, 5.41) is 0. The van der Waals surface area contributed by atoms with E-state index in [0.29, 0.717) is 5.41 Å². The van der Waals surface area contributed by atoms with Crippen molar-refractivity contribution in [2.45, 2.75) is 31.1 Å². The van der Waals surface area contributed by atoms with Gasteiger partial charge < -0.3 is 4.90 Å². The van der Waals surface area contributed by atoms with E-state index in [1.807, 2.05) is 0 Å². The lowest BCUT2D eigenvalue weighted by molar-refractivity contribution is 0.473. The molecule has 1 heterocycles. The molecule has 0 bridgehead atoms. The van der Waals surface area contributed by atoms with Gasteiger partial charge in [-0.1, -0.05) is 31.0 Å². The van der Waals surface area contributed by atoms with Crippen LogP contribution in [-0.4, -0.2) is 13.6 Å². The normalized spacial score (nSPS) is 23.1. The van der Waals surface area contributed by atoms with E-state index in [0.717, 1.165) is 0 Å². The van der Waals surface area contributed by atoms with Crippen LogP contribution in [0.5, 0.6) is 0 Å². The van der Waals surface area contributed by atoms with Gasteiger partial charge in [0.1, 0.15) is 0 Å². The van der Waals surface area contributed by atoms with Crippen molar-refractivity contribution in [1.29, 1.82) is 0 Å². The van der Waals surface area contributed by atoms with Crippen molar-refractivity contribution in [1.82, 2.24) is 0 Å². The maximum absolute atomic E-state index is 2.43. The first-order valence-corrected chi connectivity index (χ1v) is 5.63. The molecule has 0 atom stereocenters. The standard InChI is InChI=1S/C13H17N/c1-14-10-13(8-4-5-9-13)11-6-2-3-7-12(11)14/h2-3,6-7H,4-5,8-10H2,1H3. The van der Waals surface area contributed by atoms with Crippen molar-refractivity contribution in [3.8, 4) is 0 Å². The van der Waals surface area contributed by atoms with Crippen LogP contribution in [0.3, 0.4) is 0 Å². The minimum Gasteiger partial charge on any atom is -0.373 e. The van der Waals surface area contributed by atoms with E-state index in [2.05, 4.69) is 36.2 Å². The number of hydrogen-bond acceptors (Lipinski definition) is 1. The predicted octanol–water partition coefficient (Wildman–Crippen LogP) is 2.95. The molecule has 1 spiro atoms. The van der Waals surface area contributed by atoms with Crippen LogP contribution >= 0.6 is 0 Å². The number of para-hydroxylation sites is 1. The minimum atomic E-state index is 0.519. The zero-order valence-electron chi connectivity index (χ0n) is 8.79. The molecule has 1 heteroatoms. The summed E-state index contributed by atoms with van der Waals surface area (Å²) >= 11 is 0. The second-order valence-electron chi connectivity index (χ2n) is 4.86. The van der Waals surface area contributed by atoms with E-state index in [9.17, 15) is 0 Å². The van der Waals surface area contributed by atoms with Gasteiger partial charge in [-0.05, 0) is 24.5 Å². The molecular formula is C13H17N. The van der Waals surface area contributed by atoms with Gasteiger partial charge in [0, 0.05) is 24.7 Å². The molecule has 0 radical (unpaired) electrons. The Hall–Kier alpha value is -0.980. The number of anilines is 1. The summed E-state index contributed by atoms with van der Waals surface area (Å²) in [6.45, 7) is 1.24. The number of likely N-dealkylation sites (N-methyl/N-ethyl adjacent to an activating group) is 1. The van der Waals surface area contributed by atoms with Gasteiger partial charge in [0.2, 0.25) is 0 Å². The van der Waals surface area contributed by atoms with E-state index < -0.39 is 0 Å². The Balaban J connectivity index is 2.13. The fourth-order valence-electron chi connectivity index (χ4n) is 3.36. The number of nitrogens with zero attached hydrogens (tertiary/aromatic N) is 1. The third-order valence-electron chi connectivity index (χ3n) is 3.99. The topological polar surface area (TPSA) is 3.24 Å². The largest absolute Gasteiger partial charge is 0.373 e. The molecule has 1 fully saturated rings. The first-order valence-electron chi connectivity index (χ1n) is 5.63. The van der Waals surface area contributed by atoms with Crippen LogP contribution < -0.4 is 4.90 Å². The predicted molar refractivity (Wildman–Crippen MR) is 59.9 cm³/mol. The molecule has 1 nitrogen and oxygen atoms in total. The second kappa shape index (κ2) is 2.75. The average molecular weight is 187 g/mol. The zero-order valence-corrected chi connectivity index (χ0v) is 8.79. The van der Waals surface area contributed by atoms with Gasteiger partial charge in [-0.2, -0.15) is 0 Å². The number of fused-ring (bicyclic) bond motifs is 2. The quantitative estimate of drug-likeness (QED) is 0.603. The van der Waals surface area contributed by atoms with Crippen LogP contribution in [0.2, 0.25) is 0 Å². The molecular weight excluding hydrogens is 170 g/mol. The minimum absolute atomic E-state index is 0.519. The van der Waals surface area contributed by atoms with Gasteiger partial charge in [-0.3, -0.25) is 0 Å². The SMILES string of the molecule is CN1CC2(CCCC2)c2ccccc21. The highest BCUT2D eigenvalue weighted by Gasteiger charge is 2.42. The molecule has 0 aromatic heterocycles. The highest BCUT2D eigenvalue weighted by molar-refractivity contribution is 5.62. The molecule has 2 aliphatic rings. The Morgan fingerprint density at radius 2 is 1.86 bits per heavy atom. The number of rotatable bonds is 0. The molecule has 0 N–H and O–H groups in total. The fourth-order valence-corrected chi connectivity index (χ4v) is 3.36. The van der Waals surface area contributed by atoms with E-state index in [1.54, 1.807) is 5.56 Å². The third-order valence-corrected chi connectivity index (χ3v) is 3.99. The van der Waals surface area contributed by atoms with Crippen LogP contribution in [0.4, 0.5) is 5.69 Å². The highest BCUT2D eigenvalue weighted by Crippen LogP contribution is 2.49. The van der Waals surface area contributed by atoms with Gasteiger partial charge in [0.25, 0.3) is 0 Å². The first kappa shape index (κ1) is 8.34. The molecule has 0 saturated heterocycles. The number of hydrogen-bond donors (Lipinski definition) is 0. The molecule has 1 aliphatic carbocycles. The molecule has 1 aromatic carbocycles. The molecule has 74 valence electrons. The van der Waals surface area contributed by atoms with Crippen LogP contribution in [0.15, 0.2) is 24.3 Å². The van der Waals surface area contributed by atoms with E-state index >= 15 is 0 Å². The summed E-state index contributed by atoms with van der Waals surface area (Å²) in [4.78, 5) is 2.43. The molecule has 1 aliphatic heterocycles. The van der Waals surface area contributed by atoms with E-state index in [1.165, 1.54) is 37.9 Å². The van der Waals surface area contributed by atoms with Crippen LogP contribution in [0, 0.1) is 0 Å². The van der Waals surface area contributed by atoms with Gasteiger partial charge in [-0.15, -0.1) is 0 Å². The molecule has 14 heavy (non-hydrogen) atoms. The van der Waals surface area contributed by atoms with Crippen molar-refractivity contribution in [2.75, 3.05) is 18.5 Å². The first-order chi connectivity index (χ1) is 6.82. The zero-order chi connectivity index (χ0) is 9.60.